The van der Waals surface area contributed by atoms with Crippen LogP contribution < -0.4 is 0 Å². The monoisotopic (exact) mass is 346 g/mol. The van der Waals surface area contributed by atoms with Crippen molar-refractivity contribution in [2.75, 3.05) is 32.8 Å². The molecule has 0 radical (unpaired) electrons. The van der Waals surface area contributed by atoms with Gasteiger partial charge in [0, 0.05) is 13.1 Å². The fraction of sp³-hybridized carbons (Fsp3) is 0.565. The highest BCUT2D eigenvalue weighted by molar-refractivity contribution is 5.24. The first kappa shape index (κ1) is 25.9. The second-order valence-electron chi connectivity index (χ2n) is 5.37. The predicted molar refractivity (Wildman–Crippen MR) is 117 cm³/mol. The maximum absolute atomic E-state index is 3.89. The van der Waals surface area contributed by atoms with Crippen LogP contribution in [-0.4, -0.2) is 42.6 Å². The average molecular weight is 347 g/mol. The summed E-state index contributed by atoms with van der Waals surface area (Å²) in [7, 11) is 0. The zero-order valence-electron chi connectivity index (χ0n) is 17.7. The summed E-state index contributed by atoms with van der Waals surface area (Å²) in [5.74, 6) is 0. The van der Waals surface area contributed by atoms with Gasteiger partial charge in [0.15, 0.2) is 0 Å². The van der Waals surface area contributed by atoms with Crippen molar-refractivity contribution < 1.29 is 0 Å². The summed E-state index contributed by atoms with van der Waals surface area (Å²) < 4.78 is 0. The van der Waals surface area contributed by atoms with Crippen LogP contribution in [0, 0.1) is 0 Å². The molecule has 1 rings (SSSR count). The molecule has 0 amide bonds. The van der Waals surface area contributed by atoms with E-state index < -0.39 is 0 Å². The Morgan fingerprint density at radius 2 is 1.68 bits per heavy atom. The molecule has 2 nitrogen and oxygen atoms in total. The lowest BCUT2D eigenvalue weighted by Gasteiger charge is -2.30. The van der Waals surface area contributed by atoms with E-state index in [1.165, 1.54) is 24.0 Å². The number of rotatable bonds is 10. The molecule has 0 aliphatic heterocycles. The molecule has 0 aromatic carbocycles. The van der Waals surface area contributed by atoms with Crippen LogP contribution in [-0.2, 0) is 0 Å². The zero-order valence-corrected chi connectivity index (χ0v) is 17.7. The van der Waals surface area contributed by atoms with Crippen molar-refractivity contribution in [3.63, 3.8) is 0 Å². The van der Waals surface area contributed by atoms with Crippen molar-refractivity contribution in [3.8, 4) is 0 Å². The molecule has 0 unspecified atom stereocenters. The molecule has 0 saturated carbocycles. The number of likely N-dealkylation sites (N-methyl/N-ethyl adjacent to an activating group) is 2. The Kier molecular flexibility index (Phi) is 19.6. The lowest BCUT2D eigenvalue weighted by Crippen LogP contribution is -2.39. The lowest BCUT2D eigenvalue weighted by atomic mass is 10.1. The van der Waals surface area contributed by atoms with Crippen molar-refractivity contribution in [2.45, 2.75) is 54.4 Å². The van der Waals surface area contributed by atoms with E-state index in [1.807, 2.05) is 45.9 Å². The van der Waals surface area contributed by atoms with Crippen molar-refractivity contribution in [3.05, 3.63) is 60.8 Å². The zero-order chi connectivity index (χ0) is 19.5. The van der Waals surface area contributed by atoms with E-state index in [0.29, 0.717) is 0 Å². The van der Waals surface area contributed by atoms with Gasteiger partial charge in [-0.05, 0) is 37.1 Å². The van der Waals surface area contributed by atoms with Gasteiger partial charge in [0.05, 0.1) is 6.67 Å². The molecule has 25 heavy (non-hydrogen) atoms. The van der Waals surface area contributed by atoms with Crippen LogP contribution in [0.4, 0.5) is 0 Å². The van der Waals surface area contributed by atoms with Crippen LogP contribution in [0.3, 0.4) is 0 Å². The van der Waals surface area contributed by atoms with Gasteiger partial charge in [0.1, 0.15) is 0 Å². The van der Waals surface area contributed by atoms with Crippen LogP contribution in [0.5, 0.6) is 0 Å². The smallest absolute Gasteiger partial charge is 0.0512 e. The second-order valence-corrected chi connectivity index (χ2v) is 5.37. The number of nitrogens with zero attached hydrogens (tertiary/aromatic N) is 2. The van der Waals surface area contributed by atoms with Gasteiger partial charge in [-0.1, -0.05) is 91.2 Å². The molecule has 0 spiro atoms. The first-order chi connectivity index (χ1) is 12.2. The summed E-state index contributed by atoms with van der Waals surface area (Å²) in [6, 6.07) is 0. The molecule has 0 saturated heterocycles. The molecule has 0 aromatic rings. The van der Waals surface area contributed by atoms with Gasteiger partial charge in [0.25, 0.3) is 0 Å². The minimum Gasteiger partial charge on any atom is -0.286 e. The number of hydrogen-bond acceptors (Lipinski definition) is 2. The minimum atomic E-state index is 0.928. The molecule has 2 heteroatoms. The van der Waals surface area contributed by atoms with Gasteiger partial charge in [-0.25, -0.2) is 0 Å². The van der Waals surface area contributed by atoms with E-state index in [4.69, 9.17) is 0 Å². The maximum Gasteiger partial charge on any atom is 0.0512 e. The van der Waals surface area contributed by atoms with E-state index in [0.717, 1.165) is 32.8 Å². The molecule has 1 aliphatic carbocycles. The van der Waals surface area contributed by atoms with Crippen LogP contribution in [0.1, 0.15) is 54.4 Å². The molecule has 0 bridgehead atoms. The SMILES string of the molecule is C=C/C=C(\C=C)CN(CC)CN(CC)CC1=CCCC=C1.CC.CC. The number of allylic oxidation sites excluding steroid dienone is 4. The molecule has 0 fully saturated rings. The van der Waals surface area contributed by atoms with Crippen LogP contribution in [0.25, 0.3) is 0 Å². The third kappa shape index (κ3) is 12.6. The number of hydrogen-bond donors (Lipinski definition) is 0. The summed E-state index contributed by atoms with van der Waals surface area (Å²) in [5, 5.41) is 0. The van der Waals surface area contributed by atoms with Gasteiger partial charge in [-0.15, -0.1) is 0 Å². The third-order valence-corrected chi connectivity index (χ3v) is 3.77. The Balaban J connectivity index is 0. The van der Waals surface area contributed by atoms with Crippen molar-refractivity contribution in [1.29, 1.82) is 0 Å². The molecule has 1 aliphatic rings. The molecule has 0 heterocycles. The first-order valence-corrected chi connectivity index (χ1v) is 9.97. The molecule has 0 N–H and O–H groups in total. The quantitative estimate of drug-likeness (QED) is 0.342. The van der Waals surface area contributed by atoms with Crippen molar-refractivity contribution in [2.24, 2.45) is 0 Å². The predicted octanol–water partition coefficient (Wildman–Crippen LogP) is 6.21. The highest BCUT2D eigenvalue weighted by Crippen LogP contribution is 2.12. The van der Waals surface area contributed by atoms with Gasteiger partial charge < -0.3 is 0 Å². The largest absolute Gasteiger partial charge is 0.286 e. The van der Waals surface area contributed by atoms with Crippen molar-refractivity contribution >= 4 is 0 Å². The molecular formula is C23H42N2. The second kappa shape index (κ2) is 19.0. The van der Waals surface area contributed by atoms with E-state index in [1.54, 1.807) is 0 Å². The topological polar surface area (TPSA) is 6.48 Å². The lowest BCUT2D eigenvalue weighted by molar-refractivity contribution is 0.161. The molecule has 0 aromatic heterocycles. The van der Waals surface area contributed by atoms with Crippen LogP contribution in [0.15, 0.2) is 60.8 Å². The fourth-order valence-corrected chi connectivity index (χ4v) is 2.44. The molecule has 144 valence electrons. The van der Waals surface area contributed by atoms with Gasteiger partial charge in [-0.3, -0.25) is 9.80 Å². The maximum atomic E-state index is 3.89. The fourth-order valence-electron chi connectivity index (χ4n) is 2.44. The highest BCUT2D eigenvalue weighted by atomic mass is 15.3. The van der Waals surface area contributed by atoms with E-state index in [2.05, 4.69) is 55.0 Å². The summed E-state index contributed by atoms with van der Waals surface area (Å²) in [6.45, 7) is 25.2. The summed E-state index contributed by atoms with van der Waals surface area (Å²) in [5.41, 5.74) is 2.67. The van der Waals surface area contributed by atoms with Gasteiger partial charge in [0.2, 0.25) is 0 Å². The van der Waals surface area contributed by atoms with E-state index in [9.17, 15) is 0 Å². The Bertz CT molecular complexity index is 416. The molecular weight excluding hydrogens is 304 g/mol. The van der Waals surface area contributed by atoms with Gasteiger partial charge in [-0.2, -0.15) is 0 Å². The first-order valence-electron chi connectivity index (χ1n) is 9.97. The molecule has 0 atom stereocenters. The standard InChI is InChI=1S/C19H30N2.2C2H6/c1-5-12-18(6-2)15-20(7-3)17-21(8-4)16-19-13-10-9-11-14-19;2*1-2/h5-6,10,12-14H,1-2,7-9,11,15-17H2,3-4H3;2*1-2H3/b18-12+;;. The Labute approximate surface area is 158 Å². The normalized spacial score (nSPS) is 13.4. The Morgan fingerprint density at radius 1 is 1.04 bits per heavy atom. The average Bonchev–Trinajstić information content (AvgIpc) is 2.70. The highest BCUT2D eigenvalue weighted by Gasteiger charge is 2.11. The minimum absolute atomic E-state index is 0.928. The van der Waals surface area contributed by atoms with Crippen LogP contribution >= 0.6 is 0 Å². The summed E-state index contributed by atoms with van der Waals surface area (Å²) >= 11 is 0. The Hall–Kier alpha value is -1.38. The van der Waals surface area contributed by atoms with E-state index >= 15 is 0 Å². The van der Waals surface area contributed by atoms with Crippen molar-refractivity contribution in [1.82, 2.24) is 9.80 Å². The Morgan fingerprint density at radius 3 is 2.12 bits per heavy atom. The van der Waals surface area contributed by atoms with Crippen LogP contribution in [0.2, 0.25) is 0 Å². The van der Waals surface area contributed by atoms with Gasteiger partial charge >= 0.3 is 0 Å². The summed E-state index contributed by atoms with van der Waals surface area (Å²) in [6.07, 6.45) is 15.1. The third-order valence-electron chi connectivity index (χ3n) is 3.77. The van der Waals surface area contributed by atoms with E-state index in [-0.39, 0.29) is 0 Å². The summed E-state index contributed by atoms with van der Waals surface area (Å²) in [4.78, 5) is 4.92.